The van der Waals surface area contributed by atoms with Gasteiger partial charge in [0.2, 0.25) is 17.7 Å². The monoisotopic (exact) mass is 512 g/mol. The van der Waals surface area contributed by atoms with Gasteiger partial charge in [-0.2, -0.15) is 0 Å². The van der Waals surface area contributed by atoms with Crippen LogP contribution < -0.4 is 10.6 Å². The van der Waals surface area contributed by atoms with Crippen LogP contribution in [0.3, 0.4) is 0 Å². The highest BCUT2D eigenvalue weighted by atomic mass is 16.5. The number of rotatable bonds is 10. The first kappa shape index (κ1) is 25.6. The molecule has 3 saturated heterocycles. The Balaban J connectivity index is 1.48. The Kier molecular flexibility index (Phi) is 6.93. The summed E-state index contributed by atoms with van der Waals surface area (Å²) in [6.07, 6.45) is 2.20. The van der Waals surface area contributed by atoms with Crippen LogP contribution >= 0.6 is 0 Å². The maximum Gasteiger partial charge on any atom is 0.247 e. The Labute approximate surface area is 215 Å². The molecule has 7 atom stereocenters. The number of amides is 3. The van der Waals surface area contributed by atoms with Gasteiger partial charge < -0.3 is 25.4 Å². The molecule has 11 nitrogen and oxygen atoms in total. The quantitative estimate of drug-likeness (QED) is 0.428. The zero-order valence-corrected chi connectivity index (χ0v) is 21.6. The molecule has 4 heterocycles. The van der Waals surface area contributed by atoms with Gasteiger partial charge in [-0.1, -0.05) is 44.5 Å². The first-order chi connectivity index (χ1) is 17.9. The number of aliphatic hydroxyl groups is 1. The van der Waals surface area contributed by atoms with Crippen LogP contribution in [0, 0.1) is 17.8 Å². The predicted molar refractivity (Wildman–Crippen MR) is 134 cm³/mol. The highest BCUT2D eigenvalue weighted by molar-refractivity contribution is 5.99. The number of hydrogen-bond acceptors (Lipinski definition) is 7. The molecule has 1 spiro atoms. The minimum absolute atomic E-state index is 0.0525. The van der Waals surface area contributed by atoms with E-state index in [0.717, 1.165) is 18.4 Å². The fourth-order valence-corrected chi connectivity index (χ4v) is 6.51. The van der Waals surface area contributed by atoms with Crippen molar-refractivity contribution in [1.29, 1.82) is 0 Å². The highest BCUT2D eigenvalue weighted by Crippen LogP contribution is 2.59. The number of ether oxygens (including phenoxy) is 1. The van der Waals surface area contributed by atoms with Crippen molar-refractivity contribution in [2.75, 3.05) is 13.2 Å². The smallest absolute Gasteiger partial charge is 0.247 e. The number of aliphatic hydroxyl groups excluding tert-OH is 1. The molecular weight excluding hydrogens is 476 g/mol. The summed E-state index contributed by atoms with van der Waals surface area (Å²) in [4.78, 5) is 42.6. The van der Waals surface area contributed by atoms with E-state index < -0.39 is 35.6 Å². The van der Waals surface area contributed by atoms with Gasteiger partial charge in [0.05, 0.1) is 36.1 Å². The SMILES string of the molecule is CCCNC(=O)[C@@H]1[C@H]2C(=O)N([C@@H](CO)[C@@H](C)CC)C(C(=O)NCn3nnc4ccccc43)C23CC[C@H]1O3. The molecule has 1 aromatic heterocycles. The van der Waals surface area contributed by atoms with Crippen LogP contribution in [-0.2, 0) is 25.8 Å². The summed E-state index contributed by atoms with van der Waals surface area (Å²) in [6.45, 7) is 6.22. The summed E-state index contributed by atoms with van der Waals surface area (Å²) in [5.74, 6) is -2.33. The van der Waals surface area contributed by atoms with Gasteiger partial charge in [-0.3, -0.25) is 14.4 Å². The lowest BCUT2D eigenvalue weighted by Gasteiger charge is -2.38. The van der Waals surface area contributed by atoms with Gasteiger partial charge >= 0.3 is 0 Å². The van der Waals surface area contributed by atoms with Gasteiger partial charge in [0.25, 0.3) is 0 Å². The van der Waals surface area contributed by atoms with E-state index in [1.54, 1.807) is 4.68 Å². The normalized spacial score (nSPS) is 29.9. The van der Waals surface area contributed by atoms with Crippen molar-refractivity contribution in [2.45, 2.75) is 76.9 Å². The number of hydrogen-bond donors (Lipinski definition) is 3. The predicted octanol–water partition coefficient (Wildman–Crippen LogP) is 0.813. The van der Waals surface area contributed by atoms with Crippen molar-refractivity contribution in [1.82, 2.24) is 30.5 Å². The third-order valence-corrected chi connectivity index (χ3v) is 8.51. The van der Waals surface area contributed by atoms with Crippen LogP contribution in [0.4, 0.5) is 0 Å². The second-order valence-electron chi connectivity index (χ2n) is 10.5. The molecule has 11 heteroatoms. The average molecular weight is 513 g/mol. The van der Waals surface area contributed by atoms with Crippen LogP contribution in [0.1, 0.15) is 46.5 Å². The van der Waals surface area contributed by atoms with Crippen molar-refractivity contribution < 1.29 is 24.2 Å². The molecule has 37 heavy (non-hydrogen) atoms. The van der Waals surface area contributed by atoms with Gasteiger partial charge in [-0.05, 0) is 37.3 Å². The standard InChI is InChI=1S/C26H36N6O5/c1-4-12-27-23(34)20-19-10-11-26(37-19)21(20)25(36)32(18(13-33)15(3)5-2)22(26)24(35)28-14-31-17-9-7-6-8-16(17)29-30-31/h6-9,15,18-22,33H,4-5,10-14H2,1-3H3,(H,27,34)(H,28,35)/t15-,18-,19+,20-,21-,22?,26?/m0/s1. The lowest BCUT2D eigenvalue weighted by atomic mass is 9.70. The van der Waals surface area contributed by atoms with E-state index in [1.807, 2.05) is 45.0 Å². The molecule has 2 unspecified atom stereocenters. The molecule has 2 bridgehead atoms. The van der Waals surface area contributed by atoms with E-state index in [1.165, 1.54) is 4.90 Å². The van der Waals surface area contributed by atoms with E-state index in [0.29, 0.717) is 24.9 Å². The summed E-state index contributed by atoms with van der Waals surface area (Å²) in [7, 11) is 0. The third kappa shape index (κ3) is 3.99. The minimum atomic E-state index is -1.11. The van der Waals surface area contributed by atoms with Crippen LogP contribution in [0.15, 0.2) is 24.3 Å². The number of carbonyl (C=O) groups is 3. The summed E-state index contributed by atoms with van der Waals surface area (Å²) < 4.78 is 8.04. The first-order valence-electron chi connectivity index (χ1n) is 13.3. The summed E-state index contributed by atoms with van der Waals surface area (Å²) in [5.41, 5.74) is 0.381. The Morgan fingerprint density at radius 1 is 1.24 bits per heavy atom. The van der Waals surface area contributed by atoms with Gasteiger partial charge in [-0.15, -0.1) is 5.10 Å². The minimum Gasteiger partial charge on any atom is -0.394 e. The second kappa shape index (κ2) is 10.0. The van der Waals surface area contributed by atoms with Crippen molar-refractivity contribution in [3.8, 4) is 0 Å². The summed E-state index contributed by atoms with van der Waals surface area (Å²) in [6, 6.07) is 5.92. The van der Waals surface area contributed by atoms with Crippen molar-refractivity contribution in [3.05, 3.63) is 24.3 Å². The molecule has 3 amide bonds. The average Bonchev–Trinajstić information content (AvgIpc) is 3.66. The first-order valence-corrected chi connectivity index (χ1v) is 13.3. The highest BCUT2D eigenvalue weighted by Gasteiger charge is 2.75. The number of fused-ring (bicyclic) bond motifs is 2. The van der Waals surface area contributed by atoms with E-state index in [-0.39, 0.29) is 36.9 Å². The lowest BCUT2D eigenvalue weighted by Crippen LogP contribution is -2.59. The molecule has 0 aliphatic carbocycles. The number of carbonyl (C=O) groups excluding carboxylic acids is 3. The van der Waals surface area contributed by atoms with Gasteiger partial charge in [0, 0.05) is 6.54 Å². The summed E-state index contributed by atoms with van der Waals surface area (Å²) in [5, 5.41) is 24.5. The molecule has 200 valence electrons. The number of benzene rings is 1. The van der Waals surface area contributed by atoms with Crippen LogP contribution in [-0.4, -0.2) is 79.7 Å². The van der Waals surface area contributed by atoms with E-state index >= 15 is 0 Å². The Morgan fingerprint density at radius 3 is 2.76 bits per heavy atom. The Bertz CT molecular complexity index is 1190. The van der Waals surface area contributed by atoms with Crippen LogP contribution in [0.5, 0.6) is 0 Å². The number of likely N-dealkylation sites (tertiary alicyclic amines) is 1. The third-order valence-electron chi connectivity index (χ3n) is 8.51. The second-order valence-corrected chi connectivity index (χ2v) is 10.5. The molecule has 3 aliphatic rings. The number of para-hydroxylation sites is 1. The van der Waals surface area contributed by atoms with Crippen molar-refractivity contribution in [3.63, 3.8) is 0 Å². The maximum atomic E-state index is 14.1. The van der Waals surface area contributed by atoms with Gasteiger partial charge in [-0.25, -0.2) is 4.68 Å². The van der Waals surface area contributed by atoms with Crippen LogP contribution in [0.2, 0.25) is 0 Å². The topological polar surface area (TPSA) is 139 Å². The van der Waals surface area contributed by atoms with Gasteiger partial charge in [0.1, 0.15) is 23.8 Å². The van der Waals surface area contributed by atoms with Crippen molar-refractivity contribution >= 4 is 28.8 Å². The zero-order chi connectivity index (χ0) is 26.3. The number of aromatic nitrogens is 3. The number of nitrogens with one attached hydrogen (secondary N) is 2. The van der Waals surface area contributed by atoms with Gasteiger partial charge in [0.15, 0.2) is 0 Å². The zero-order valence-electron chi connectivity index (χ0n) is 21.6. The molecule has 3 aliphatic heterocycles. The summed E-state index contributed by atoms with van der Waals surface area (Å²) >= 11 is 0. The molecule has 2 aromatic rings. The van der Waals surface area contributed by atoms with Crippen molar-refractivity contribution in [2.24, 2.45) is 17.8 Å². The Hall–Kier alpha value is -3.05. The van der Waals surface area contributed by atoms with E-state index in [2.05, 4.69) is 20.9 Å². The van der Waals surface area contributed by atoms with E-state index in [9.17, 15) is 19.5 Å². The van der Waals surface area contributed by atoms with E-state index in [4.69, 9.17) is 4.74 Å². The fourth-order valence-electron chi connectivity index (χ4n) is 6.51. The Morgan fingerprint density at radius 2 is 2.03 bits per heavy atom. The molecular formula is C26H36N6O5. The molecule has 0 saturated carbocycles. The number of nitrogens with zero attached hydrogens (tertiary/aromatic N) is 4. The molecule has 1 aromatic carbocycles. The molecule has 5 rings (SSSR count). The fraction of sp³-hybridized carbons (Fsp3) is 0.654. The maximum absolute atomic E-state index is 14.1. The molecule has 3 fully saturated rings. The largest absolute Gasteiger partial charge is 0.394 e. The van der Waals surface area contributed by atoms with Crippen LogP contribution in [0.25, 0.3) is 11.0 Å². The molecule has 3 N–H and O–H groups in total. The molecule has 0 radical (unpaired) electrons. The lowest BCUT2D eigenvalue weighted by molar-refractivity contribution is -0.147.